The first kappa shape index (κ1) is 33.9. The maximum Gasteiger partial charge on any atom is 0.470 e. The lowest BCUT2D eigenvalue weighted by Crippen LogP contribution is -2.66. The number of phosphoric acid groups is 4. The first-order valence-electron chi connectivity index (χ1n) is 7.89. The van der Waals surface area contributed by atoms with Crippen LogP contribution in [0.3, 0.4) is 0 Å². The highest BCUT2D eigenvalue weighted by Crippen LogP contribution is 2.55. The second-order valence-corrected chi connectivity index (χ2v) is 13.0. The fourth-order valence-electron chi connectivity index (χ4n) is 2.76. The summed E-state index contributed by atoms with van der Waals surface area (Å²) in [5.74, 6) is 0. The van der Waals surface area contributed by atoms with Crippen LogP contribution < -0.4 is 14.7 Å². The van der Waals surface area contributed by atoms with Gasteiger partial charge in [-0.1, -0.05) is 0 Å². The minimum absolute atomic E-state index is 2.57. The summed E-state index contributed by atoms with van der Waals surface area (Å²) in [6, 6.07) is 0. The average Bonchev–Trinajstić information content (AvgIpc) is 2.51. The van der Waals surface area contributed by atoms with Crippen LogP contribution in [-0.2, 0) is 50.0 Å². The summed E-state index contributed by atoms with van der Waals surface area (Å²) in [7, 11) is -33.3. The summed E-state index contributed by atoms with van der Waals surface area (Å²) in [4.78, 5) is 107. The van der Waals surface area contributed by atoms with Crippen LogP contribution in [0.5, 0.6) is 0 Å². The van der Waals surface area contributed by atoms with Crippen LogP contribution in [-0.4, -0.2) is 75.8 Å². The van der Waals surface area contributed by atoms with E-state index in [0.717, 1.165) is 0 Å². The van der Waals surface area contributed by atoms with Gasteiger partial charge in [0.05, 0.1) is 0 Å². The van der Waals surface area contributed by atoms with Gasteiger partial charge in [0.1, 0.15) is 36.6 Å². The van der Waals surface area contributed by atoms with Crippen molar-refractivity contribution in [1.82, 2.24) is 0 Å². The molecule has 1 rings (SSSR count). The predicted octanol–water partition coefficient (Wildman–Crippen LogP) is -4.03. The van der Waals surface area contributed by atoms with Gasteiger partial charge in [-0.15, -0.1) is 0 Å². The van der Waals surface area contributed by atoms with Gasteiger partial charge in [0.15, 0.2) is 7.60 Å². The third-order valence-corrected chi connectivity index (χ3v) is 6.52. The lowest BCUT2D eigenvalue weighted by molar-refractivity contribution is -0.273. The van der Waals surface area contributed by atoms with Crippen molar-refractivity contribution in [1.29, 1.82) is 0 Å². The molecule has 1 fully saturated rings. The molecule has 0 aliphatic heterocycles. The molecule has 10 atom stereocenters. The standard InChI is InChI=1S/C7H19O22P6/c1-31(10,11)25-3-2(24-30(8)9)4(26-32(12,13)14)6(28-34(18,19)20)7(29-35(21,22)23)5(3)27-33(15,16)17/h2-9H,1H2,(H,10,11)(H2,12,13,14)(H2,15,16,17)(H2,18,19,20)(H2,21,22,23)/q-1/p-3. The molecule has 0 saturated heterocycles. The summed E-state index contributed by atoms with van der Waals surface area (Å²) < 4.78 is 82.3. The molecule has 1 aliphatic carbocycles. The van der Waals surface area contributed by atoms with Crippen molar-refractivity contribution < 1.29 is 104 Å². The van der Waals surface area contributed by atoms with Gasteiger partial charge in [-0.05, 0) is 0 Å². The molecule has 1 saturated carbocycles. The molecule has 0 bridgehead atoms. The molecule has 0 aromatic carbocycles. The smallest absolute Gasteiger partial charge is 0.470 e. The monoisotopic (exact) mass is 638 g/mol. The van der Waals surface area contributed by atoms with Gasteiger partial charge < -0.3 is 76.4 Å². The maximum absolute atomic E-state index is 11.7. The van der Waals surface area contributed by atoms with Crippen LogP contribution in [0.2, 0.25) is 0 Å². The van der Waals surface area contributed by atoms with E-state index >= 15 is 0 Å². The Morgan fingerprint density at radius 3 is 1.11 bits per heavy atom. The molecule has 8 N–H and O–H groups in total. The summed E-state index contributed by atoms with van der Waals surface area (Å²) in [6.07, 6.45) is -17.7. The van der Waals surface area contributed by atoms with Gasteiger partial charge in [0, 0.05) is 0 Å². The van der Waals surface area contributed by atoms with Crippen molar-refractivity contribution >= 4 is 47.5 Å². The second kappa shape index (κ2) is 12.0. The van der Waals surface area contributed by atoms with Crippen LogP contribution in [0, 0.1) is 6.66 Å². The molecule has 0 heterocycles. The molecule has 22 nitrogen and oxygen atoms in total. The van der Waals surface area contributed by atoms with Gasteiger partial charge in [0.25, 0.3) is 23.5 Å². The van der Waals surface area contributed by atoms with Crippen molar-refractivity contribution in [2.24, 2.45) is 0 Å². The Bertz CT molecular complexity index is 889. The SMILES string of the molecule is [CH2-]P(=O)(O)OC1C(OP(O)O)C(OP(=O)([O-])O)C(OP(=O)([O-])O)C(OP(=O)(O)O)C1OP(=O)([O-])O. The van der Waals surface area contributed by atoms with Crippen LogP contribution in [0.15, 0.2) is 0 Å². The van der Waals surface area contributed by atoms with E-state index in [1.54, 1.807) is 0 Å². The summed E-state index contributed by atoms with van der Waals surface area (Å²) in [5, 5.41) is 0. The minimum atomic E-state index is -6.17. The molecule has 0 aromatic rings. The maximum atomic E-state index is 11.7. The third kappa shape index (κ3) is 13.0. The molecule has 0 spiro atoms. The zero-order chi connectivity index (χ0) is 27.8. The van der Waals surface area contributed by atoms with E-state index in [-0.39, 0.29) is 0 Å². The normalized spacial score (nSPS) is 35.0. The fraction of sp³-hybridized carbons (Fsp3) is 0.857. The third-order valence-electron chi connectivity index (χ3n) is 3.47. The van der Waals surface area contributed by atoms with Crippen molar-refractivity contribution in [2.75, 3.05) is 0 Å². The van der Waals surface area contributed by atoms with Crippen molar-refractivity contribution in [3.8, 4) is 0 Å². The summed E-state index contributed by atoms with van der Waals surface area (Å²) in [6.45, 7) is 2.57. The van der Waals surface area contributed by atoms with Gasteiger partial charge in [0.2, 0.25) is 0 Å². The topological polar surface area (TPSA) is 372 Å². The number of hydrogen-bond acceptors (Lipinski definition) is 16. The van der Waals surface area contributed by atoms with Crippen LogP contribution in [0.1, 0.15) is 0 Å². The van der Waals surface area contributed by atoms with Crippen molar-refractivity contribution in [3.05, 3.63) is 6.66 Å². The van der Waals surface area contributed by atoms with E-state index in [0.29, 0.717) is 0 Å². The predicted molar refractivity (Wildman–Crippen MR) is 97.3 cm³/mol. The summed E-state index contributed by atoms with van der Waals surface area (Å²) in [5.41, 5.74) is 0. The van der Waals surface area contributed by atoms with Crippen LogP contribution >= 0.6 is 47.5 Å². The number of phosphoric ester groups is 4. The molecule has 210 valence electrons. The Labute approximate surface area is 195 Å². The molecular formula is C7H16O22P6-4. The quantitative estimate of drug-likeness (QED) is 0.0745. The highest BCUT2D eigenvalue weighted by molar-refractivity contribution is 7.54. The Morgan fingerprint density at radius 1 is 0.571 bits per heavy atom. The Balaban J connectivity index is 3.96. The highest BCUT2D eigenvalue weighted by atomic mass is 31.2. The Hall–Kier alpha value is 0.900. The van der Waals surface area contributed by atoms with Gasteiger partial charge in [-0.2, -0.15) is 0 Å². The van der Waals surface area contributed by atoms with E-state index in [2.05, 4.69) is 33.8 Å². The van der Waals surface area contributed by atoms with Gasteiger partial charge >= 0.3 is 16.4 Å². The first-order valence-corrected chi connectivity index (χ1v) is 16.8. The van der Waals surface area contributed by atoms with Crippen LogP contribution in [0.4, 0.5) is 0 Å². The molecule has 0 amide bonds. The lowest BCUT2D eigenvalue weighted by Gasteiger charge is -2.50. The van der Waals surface area contributed by atoms with E-state index in [1.807, 2.05) is 0 Å². The fourth-order valence-corrected chi connectivity index (χ4v) is 6.04. The Kier molecular flexibility index (Phi) is 11.6. The molecule has 28 heteroatoms. The molecule has 1 aliphatic rings. The molecule has 0 aromatic heterocycles. The minimum Gasteiger partial charge on any atom is -0.756 e. The zero-order valence-corrected chi connectivity index (χ0v) is 21.5. The van der Waals surface area contributed by atoms with Crippen LogP contribution in [0.25, 0.3) is 0 Å². The largest absolute Gasteiger partial charge is 0.756 e. The van der Waals surface area contributed by atoms with E-state index in [4.69, 9.17) is 24.5 Å². The summed E-state index contributed by atoms with van der Waals surface area (Å²) >= 11 is 0. The highest BCUT2D eigenvalue weighted by Gasteiger charge is 2.60. The van der Waals surface area contributed by atoms with Gasteiger partial charge in [-0.25, -0.2) is 11.2 Å². The Morgan fingerprint density at radius 2 is 0.857 bits per heavy atom. The number of rotatable bonds is 12. The molecule has 0 radical (unpaired) electrons. The van der Waals surface area contributed by atoms with E-state index in [1.165, 1.54) is 0 Å². The molecule has 10 unspecified atom stereocenters. The average molecular weight is 638 g/mol. The second-order valence-electron chi connectivity index (χ2n) is 6.21. The lowest BCUT2D eigenvalue weighted by atomic mass is 9.85. The van der Waals surface area contributed by atoms with E-state index in [9.17, 15) is 52.2 Å². The van der Waals surface area contributed by atoms with E-state index < -0.39 is 84.1 Å². The zero-order valence-electron chi connectivity index (χ0n) is 16.1. The first-order chi connectivity index (χ1) is 15.3. The van der Waals surface area contributed by atoms with Crippen molar-refractivity contribution in [3.63, 3.8) is 0 Å². The molecular weight excluding hydrogens is 622 g/mol. The number of hydrogen-bond donors (Lipinski definition) is 8. The molecule has 35 heavy (non-hydrogen) atoms. The van der Waals surface area contributed by atoms with Crippen molar-refractivity contribution in [2.45, 2.75) is 36.6 Å². The van der Waals surface area contributed by atoms with Gasteiger partial charge in [-0.3, -0.25) is 22.8 Å².